The summed E-state index contributed by atoms with van der Waals surface area (Å²) in [6.45, 7) is 4.66. The molecule has 0 spiro atoms. The van der Waals surface area contributed by atoms with Gasteiger partial charge in [-0.25, -0.2) is 0 Å². The van der Waals surface area contributed by atoms with Crippen molar-refractivity contribution in [2.45, 2.75) is 19.3 Å². The molecule has 7 rings (SSSR count). The monoisotopic (exact) mass is 693 g/mol. The minimum atomic E-state index is -0.0206. The minimum absolute atomic E-state index is 0. The van der Waals surface area contributed by atoms with Gasteiger partial charge >= 0.3 is 0 Å². The number of nitrogens with zero attached hydrogens (tertiary/aromatic N) is 2. The van der Waals surface area contributed by atoms with Gasteiger partial charge in [0.05, 0.1) is 0 Å². The molecule has 0 unspecified atom stereocenters. The van der Waals surface area contributed by atoms with Crippen LogP contribution in [0.1, 0.15) is 25.0 Å². The first-order valence-corrected chi connectivity index (χ1v) is 13.2. The van der Waals surface area contributed by atoms with E-state index in [1.165, 1.54) is 33.4 Å². The third-order valence-corrected chi connectivity index (χ3v) is 7.28. The first kappa shape index (κ1) is 27.4. The molecule has 197 valence electrons. The van der Waals surface area contributed by atoms with Crippen molar-refractivity contribution < 1.29 is 20.1 Å². The molecule has 4 aromatic carbocycles. The van der Waals surface area contributed by atoms with Gasteiger partial charge in [0.15, 0.2) is 0 Å². The van der Waals surface area contributed by atoms with Crippen LogP contribution in [0, 0.1) is 12.1 Å². The molecule has 0 fully saturated rings. The van der Waals surface area contributed by atoms with Crippen LogP contribution >= 0.6 is 0 Å². The summed E-state index contributed by atoms with van der Waals surface area (Å²) in [5.74, 6) is 0. The third-order valence-electron chi connectivity index (χ3n) is 7.28. The van der Waals surface area contributed by atoms with E-state index in [0.717, 1.165) is 22.5 Å². The smallest absolute Gasteiger partial charge is 0.0164 e. The summed E-state index contributed by atoms with van der Waals surface area (Å²) < 4.78 is 0. The molecule has 3 heteroatoms. The second-order valence-corrected chi connectivity index (χ2v) is 10.1. The van der Waals surface area contributed by atoms with Crippen molar-refractivity contribution >= 4 is 0 Å². The molecule has 1 aliphatic rings. The van der Waals surface area contributed by atoms with E-state index in [2.05, 4.69) is 90.5 Å². The van der Waals surface area contributed by atoms with E-state index in [0.29, 0.717) is 0 Å². The minimum Gasteiger partial charge on any atom is -0.305 e. The van der Waals surface area contributed by atoms with E-state index in [1.54, 1.807) is 6.20 Å². The molecule has 1 radical (unpaired) electrons. The summed E-state index contributed by atoms with van der Waals surface area (Å²) in [6.07, 6.45) is 3.62. The van der Waals surface area contributed by atoms with Crippen LogP contribution in [0.5, 0.6) is 0 Å². The van der Waals surface area contributed by atoms with Crippen LogP contribution in [0.15, 0.2) is 134 Å². The average molecular weight is 693 g/mol. The van der Waals surface area contributed by atoms with Crippen LogP contribution in [0.2, 0.25) is 0 Å². The normalized spacial score (nSPS) is 12.2. The van der Waals surface area contributed by atoms with Crippen molar-refractivity contribution in [3.8, 4) is 44.8 Å². The van der Waals surface area contributed by atoms with Gasteiger partial charge < -0.3 is 9.97 Å². The molecule has 0 aliphatic heterocycles. The largest absolute Gasteiger partial charge is 0.305 e. The Balaban J connectivity index is 0.000000209. The molecule has 2 nitrogen and oxygen atoms in total. The van der Waals surface area contributed by atoms with E-state index in [4.69, 9.17) is 0 Å². The van der Waals surface area contributed by atoms with E-state index >= 15 is 0 Å². The first-order valence-electron chi connectivity index (χ1n) is 13.2. The molecule has 0 amide bonds. The maximum atomic E-state index is 4.49. The maximum absolute atomic E-state index is 4.49. The Hall–Kier alpha value is -4.17. The second kappa shape index (κ2) is 11.9. The number of pyridine rings is 2. The zero-order valence-corrected chi connectivity index (χ0v) is 24.8. The number of aromatic nitrogens is 2. The average Bonchev–Trinajstić information content (AvgIpc) is 3.26. The Kier molecular flexibility index (Phi) is 8.16. The van der Waals surface area contributed by atoms with Crippen LogP contribution in [-0.4, -0.2) is 9.97 Å². The Morgan fingerprint density at radius 2 is 1.18 bits per heavy atom. The predicted octanol–water partition coefficient (Wildman–Crippen LogP) is 9.07. The number of benzene rings is 4. The fraction of sp³-hybridized carbons (Fsp3) is 0.0811. The van der Waals surface area contributed by atoms with Crippen molar-refractivity contribution in [1.29, 1.82) is 0 Å². The fourth-order valence-corrected chi connectivity index (χ4v) is 5.47. The molecular weight excluding hydrogens is 665 g/mol. The number of fused-ring (bicyclic) bond motifs is 3. The SMILES string of the molecule is CC1(C)c2ccccc2-c2cccc(-c3cc[c-]c(-c4ccccn4)c3)c21.[Ir].[c-]1ccccc1-c1ccccn1. The summed E-state index contributed by atoms with van der Waals surface area (Å²) in [5.41, 5.74) is 12.0. The third kappa shape index (κ3) is 5.31. The van der Waals surface area contributed by atoms with Gasteiger partial charge in [-0.05, 0) is 51.3 Å². The van der Waals surface area contributed by atoms with Gasteiger partial charge in [-0.1, -0.05) is 80.6 Å². The predicted molar refractivity (Wildman–Crippen MR) is 160 cm³/mol. The van der Waals surface area contributed by atoms with Crippen LogP contribution in [0.25, 0.3) is 44.8 Å². The Morgan fingerprint density at radius 1 is 0.550 bits per heavy atom. The molecule has 0 N–H and O–H groups in total. The molecule has 0 bridgehead atoms. The van der Waals surface area contributed by atoms with Crippen molar-refractivity contribution in [3.05, 3.63) is 157 Å². The fourth-order valence-electron chi connectivity index (χ4n) is 5.47. The van der Waals surface area contributed by atoms with Gasteiger partial charge in [0.1, 0.15) is 0 Å². The molecule has 40 heavy (non-hydrogen) atoms. The van der Waals surface area contributed by atoms with Gasteiger partial charge in [-0.15, -0.1) is 71.3 Å². The molecule has 6 aromatic rings. The Labute approximate surface area is 250 Å². The molecule has 1 aliphatic carbocycles. The van der Waals surface area contributed by atoms with Gasteiger partial charge in [0.2, 0.25) is 0 Å². The van der Waals surface area contributed by atoms with Crippen LogP contribution in [-0.2, 0) is 25.5 Å². The second-order valence-electron chi connectivity index (χ2n) is 10.1. The van der Waals surface area contributed by atoms with Gasteiger partial charge in [-0.2, -0.15) is 0 Å². The quantitative estimate of drug-likeness (QED) is 0.173. The molecule has 2 heterocycles. The summed E-state index contributed by atoms with van der Waals surface area (Å²) in [6, 6.07) is 48.0. The summed E-state index contributed by atoms with van der Waals surface area (Å²) in [5, 5.41) is 0. The first-order chi connectivity index (χ1) is 19.1. The molecule has 0 saturated heterocycles. The summed E-state index contributed by atoms with van der Waals surface area (Å²) in [7, 11) is 0. The maximum Gasteiger partial charge on any atom is 0.0164 e. The van der Waals surface area contributed by atoms with Crippen LogP contribution in [0.3, 0.4) is 0 Å². The Morgan fingerprint density at radius 3 is 1.88 bits per heavy atom. The van der Waals surface area contributed by atoms with Crippen molar-refractivity contribution in [2.24, 2.45) is 0 Å². The number of rotatable bonds is 3. The molecule has 0 saturated carbocycles. The summed E-state index contributed by atoms with van der Waals surface area (Å²) >= 11 is 0. The van der Waals surface area contributed by atoms with E-state index in [1.807, 2.05) is 72.9 Å². The zero-order valence-electron chi connectivity index (χ0n) is 22.4. The molecular formula is C37H28IrN2-2. The molecule has 2 aromatic heterocycles. The number of hydrogen-bond acceptors (Lipinski definition) is 2. The van der Waals surface area contributed by atoms with E-state index < -0.39 is 0 Å². The molecule has 0 atom stereocenters. The van der Waals surface area contributed by atoms with Crippen LogP contribution in [0.4, 0.5) is 0 Å². The van der Waals surface area contributed by atoms with Gasteiger partial charge in [-0.3, -0.25) is 0 Å². The zero-order chi connectivity index (χ0) is 26.7. The van der Waals surface area contributed by atoms with Crippen molar-refractivity contribution in [3.63, 3.8) is 0 Å². The Bertz CT molecular complexity index is 1670. The van der Waals surface area contributed by atoms with Gasteiger partial charge in [0, 0.05) is 37.9 Å². The van der Waals surface area contributed by atoms with E-state index in [9.17, 15) is 0 Å². The topological polar surface area (TPSA) is 25.8 Å². The van der Waals surface area contributed by atoms with E-state index in [-0.39, 0.29) is 25.5 Å². The van der Waals surface area contributed by atoms with Crippen LogP contribution < -0.4 is 0 Å². The van der Waals surface area contributed by atoms with Crippen molar-refractivity contribution in [2.75, 3.05) is 0 Å². The standard InChI is InChI=1S/C26H20N.C11H8N.Ir/c1-26(2)23-14-4-3-11-21(23)22-13-8-12-20(25(22)26)18-9-7-10-19(17-18)24-15-5-6-16-27-24;1-2-6-10(7-3-1)11-8-4-5-9-12-11;/h3-9,11-17H,1-2H3;1-6,8-9H;/q2*-1;. The van der Waals surface area contributed by atoms with Gasteiger partial charge in [0.25, 0.3) is 0 Å². The van der Waals surface area contributed by atoms with Crippen molar-refractivity contribution in [1.82, 2.24) is 9.97 Å². The summed E-state index contributed by atoms with van der Waals surface area (Å²) in [4.78, 5) is 8.70. The number of hydrogen-bond donors (Lipinski definition) is 0.